The van der Waals surface area contributed by atoms with Gasteiger partial charge in [-0.1, -0.05) is 67.8 Å². The number of nitrogens with zero attached hydrogens (tertiary/aromatic N) is 2. The molecule has 0 amide bonds. The summed E-state index contributed by atoms with van der Waals surface area (Å²) >= 11 is 0. The Kier molecular flexibility index (Phi) is 7.77. The monoisotopic (exact) mass is 461 g/mol. The summed E-state index contributed by atoms with van der Waals surface area (Å²) in [4.78, 5) is 4.82. The van der Waals surface area contributed by atoms with Crippen molar-refractivity contribution >= 4 is 0 Å². The van der Waals surface area contributed by atoms with Gasteiger partial charge in [0, 0.05) is 6.42 Å². The van der Waals surface area contributed by atoms with Gasteiger partial charge in [0.05, 0.1) is 32.8 Å². The molecule has 0 bridgehead atoms. The van der Waals surface area contributed by atoms with Gasteiger partial charge in [-0.3, -0.25) is 0 Å². The van der Waals surface area contributed by atoms with Crippen molar-refractivity contribution in [2.45, 2.75) is 70.4 Å². The molecule has 0 radical (unpaired) electrons. The van der Waals surface area contributed by atoms with E-state index in [1.165, 1.54) is 37.7 Å². The van der Waals surface area contributed by atoms with Crippen molar-refractivity contribution in [3.63, 3.8) is 0 Å². The molecule has 3 aromatic rings. The Morgan fingerprint density at radius 2 is 1.62 bits per heavy atom. The first-order valence-corrected chi connectivity index (χ1v) is 12.9. The molecule has 4 rings (SSSR count). The van der Waals surface area contributed by atoms with Crippen molar-refractivity contribution in [3.05, 3.63) is 84.1 Å². The van der Waals surface area contributed by atoms with Gasteiger partial charge in [0.1, 0.15) is 17.9 Å². The Morgan fingerprint density at radius 1 is 0.971 bits per heavy atom. The fraction of sp³-hybridized carbons (Fsp3) is 0.500. The van der Waals surface area contributed by atoms with Crippen molar-refractivity contribution in [2.75, 3.05) is 20.6 Å². The molecular weight excluding hydrogens is 420 g/mol. The second-order valence-corrected chi connectivity index (χ2v) is 11.2. The van der Waals surface area contributed by atoms with Gasteiger partial charge < -0.3 is 13.6 Å². The molecule has 4 nitrogen and oxygen atoms in total. The van der Waals surface area contributed by atoms with E-state index in [1.807, 2.05) is 36.5 Å². The van der Waals surface area contributed by atoms with Gasteiger partial charge in [-0.2, -0.15) is 0 Å². The largest absolute Gasteiger partial charge is 0.488 e. The Hall–Kier alpha value is -2.59. The van der Waals surface area contributed by atoms with E-state index in [-0.39, 0.29) is 11.5 Å². The summed E-state index contributed by atoms with van der Waals surface area (Å²) in [5, 5.41) is 0. The predicted molar refractivity (Wildman–Crippen MR) is 138 cm³/mol. The Labute approximate surface area is 205 Å². The van der Waals surface area contributed by atoms with Crippen LogP contribution in [0.4, 0.5) is 0 Å². The molecule has 0 aliphatic heterocycles. The third kappa shape index (κ3) is 6.73. The third-order valence-corrected chi connectivity index (χ3v) is 7.16. The summed E-state index contributed by atoms with van der Waals surface area (Å²) < 4.78 is 13.5. The normalized spacial score (nSPS) is 16.4. The van der Waals surface area contributed by atoms with Crippen LogP contribution in [0.25, 0.3) is 0 Å². The molecule has 34 heavy (non-hydrogen) atoms. The summed E-state index contributed by atoms with van der Waals surface area (Å²) in [6.07, 6.45) is 9.40. The molecule has 0 N–H and O–H groups in total. The SMILES string of the molecule is CC(C)(CC[N+](C)(C)Cc1cnc([C@H](c2ccccc2)C2CCCCC2)o1)Oc1ccccc1. The molecule has 1 aliphatic carbocycles. The summed E-state index contributed by atoms with van der Waals surface area (Å²) in [5.41, 5.74) is 1.10. The van der Waals surface area contributed by atoms with Crippen LogP contribution in [0.2, 0.25) is 0 Å². The zero-order valence-corrected chi connectivity index (χ0v) is 21.4. The molecule has 1 aliphatic rings. The van der Waals surface area contributed by atoms with Crippen molar-refractivity contribution in [2.24, 2.45) is 5.92 Å². The molecule has 1 saturated carbocycles. The molecule has 0 spiro atoms. The van der Waals surface area contributed by atoms with Gasteiger partial charge in [0.2, 0.25) is 5.89 Å². The average molecular weight is 462 g/mol. The Balaban J connectivity index is 1.42. The highest BCUT2D eigenvalue weighted by atomic mass is 16.5. The van der Waals surface area contributed by atoms with Gasteiger partial charge in [-0.15, -0.1) is 0 Å². The number of hydrogen-bond acceptors (Lipinski definition) is 3. The minimum Gasteiger partial charge on any atom is -0.488 e. The number of aromatic nitrogens is 1. The fourth-order valence-electron chi connectivity index (χ4n) is 5.22. The summed E-state index contributed by atoms with van der Waals surface area (Å²) in [7, 11) is 4.52. The average Bonchev–Trinajstić information content (AvgIpc) is 3.27. The minimum absolute atomic E-state index is 0.233. The lowest BCUT2D eigenvalue weighted by Crippen LogP contribution is -2.43. The molecule has 182 valence electrons. The molecule has 1 fully saturated rings. The van der Waals surface area contributed by atoms with Crippen LogP contribution in [0.5, 0.6) is 5.75 Å². The van der Waals surface area contributed by atoms with Crippen LogP contribution < -0.4 is 4.74 Å². The highest BCUT2D eigenvalue weighted by Crippen LogP contribution is 2.40. The van der Waals surface area contributed by atoms with E-state index in [0.29, 0.717) is 5.92 Å². The van der Waals surface area contributed by atoms with Crippen molar-refractivity contribution in [1.29, 1.82) is 0 Å². The second-order valence-electron chi connectivity index (χ2n) is 11.2. The van der Waals surface area contributed by atoms with E-state index in [9.17, 15) is 0 Å². The number of ether oxygens (including phenoxy) is 1. The fourth-order valence-corrected chi connectivity index (χ4v) is 5.22. The number of rotatable bonds is 10. The standard InChI is InChI=1S/C30H41N2O2/c1-30(2,34-26-18-12-7-13-19-26)20-21-32(3,4)23-27-22-31-29(33-27)28(24-14-8-5-9-15-24)25-16-10-6-11-17-25/h5,7-9,12-15,18-19,22,25,28H,6,10-11,16-17,20-21,23H2,1-4H3/q+1/t28-/m1/s1. The Bertz CT molecular complexity index is 1000. The molecule has 4 heteroatoms. The lowest BCUT2D eigenvalue weighted by Gasteiger charge is -2.33. The van der Waals surface area contributed by atoms with Crippen LogP contribution in [-0.4, -0.2) is 35.7 Å². The van der Waals surface area contributed by atoms with E-state index in [4.69, 9.17) is 14.1 Å². The lowest BCUT2D eigenvalue weighted by molar-refractivity contribution is -0.905. The Morgan fingerprint density at radius 3 is 2.29 bits per heavy atom. The first-order valence-electron chi connectivity index (χ1n) is 12.9. The summed E-state index contributed by atoms with van der Waals surface area (Å²) in [6.45, 7) is 6.14. The number of benzene rings is 2. The zero-order chi connectivity index (χ0) is 24.0. The second kappa shape index (κ2) is 10.8. The van der Waals surface area contributed by atoms with E-state index < -0.39 is 0 Å². The van der Waals surface area contributed by atoms with Crippen molar-refractivity contribution in [1.82, 2.24) is 4.98 Å². The van der Waals surface area contributed by atoms with Gasteiger partial charge in [0.25, 0.3) is 0 Å². The maximum atomic E-state index is 6.46. The first kappa shape index (κ1) is 24.5. The summed E-state index contributed by atoms with van der Waals surface area (Å²) in [5.74, 6) is 3.65. The molecular formula is C30H41N2O2+. The van der Waals surface area contributed by atoms with Gasteiger partial charge in [-0.05, 0) is 50.3 Å². The molecule has 0 saturated heterocycles. The molecule has 2 aromatic carbocycles. The maximum Gasteiger partial charge on any atom is 0.202 e. The quantitative estimate of drug-likeness (QED) is 0.299. The van der Waals surface area contributed by atoms with Gasteiger partial charge in [0.15, 0.2) is 5.76 Å². The molecule has 1 atom stereocenters. The van der Waals surface area contributed by atoms with Crippen LogP contribution in [0.1, 0.15) is 75.5 Å². The van der Waals surface area contributed by atoms with Crippen LogP contribution in [0.3, 0.4) is 0 Å². The number of oxazole rings is 1. The zero-order valence-electron chi connectivity index (χ0n) is 21.4. The van der Waals surface area contributed by atoms with Crippen LogP contribution in [0, 0.1) is 5.92 Å². The van der Waals surface area contributed by atoms with Crippen molar-refractivity contribution in [3.8, 4) is 5.75 Å². The highest BCUT2D eigenvalue weighted by Gasteiger charge is 2.31. The number of quaternary nitrogens is 1. The smallest absolute Gasteiger partial charge is 0.202 e. The van der Waals surface area contributed by atoms with Crippen LogP contribution in [0.15, 0.2) is 71.3 Å². The number of hydrogen-bond donors (Lipinski definition) is 0. The summed E-state index contributed by atoms with van der Waals surface area (Å²) in [6, 6.07) is 20.9. The van der Waals surface area contributed by atoms with Crippen molar-refractivity contribution < 1.29 is 13.6 Å². The van der Waals surface area contributed by atoms with E-state index >= 15 is 0 Å². The van der Waals surface area contributed by atoms with E-state index in [0.717, 1.165) is 41.4 Å². The van der Waals surface area contributed by atoms with Gasteiger partial charge >= 0.3 is 0 Å². The highest BCUT2D eigenvalue weighted by molar-refractivity contribution is 5.26. The topological polar surface area (TPSA) is 35.3 Å². The first-order chi connectivity index (χ1) is 16.3. The van der Waals surface area contributed by atoms with Crippen LogP contribution in [-0.2, 0) is 6.54 Å². The van der Waals surface area contributed by atoms with E-state index in [2.05, 4.69) is 58.3 Å². The predicted octanol–water partition coefficient (Wildman–Crippen LogP) is 7.21. The minimum atomic E-state index is -0.233. The maximum absolute atomic E-state index is 6.46. The van der Waals surface area contributed by atoms with Gasteiger partial charge in [-0.25, -0.2) is 4.98 Å². The van der Waals surface area contributed by atoms with E-state index in [1.54, 1.807) is 0 Å². The molecule has 1 aromatic heterocycles. The molecule has 1 heterocycles. The number of para-hydroxylation sites is 1. The lowest BCUT2D eigenvalue weighted by atomic mass is 9.77. The third-order valence-electron chi connectivity index (χ3n) is 7.16. The van der Waals surface area contributed by atoms with Crippen LogP contribution >= 0.6 is 0 Å². The molecule has 0 unspecified atom stereocenters.